The first kappa shape index (κ1) is 16.8. The van der Waals surface area contributed by atoms with Crippen molar-refractivity contribution in [1.29, 1.82) is 0 Å². The molecule has 0 bridgehead atoms. The van der Waals surface area contributed by atoms with Crippen molar-refractivity contribution in [2.75, 3.05) is 18.0 Å². The lowest BCUT2D eigenvalue weighted by molar-refractivity contribution is -0.135. The average Bonchev–Trinajstić information content (AvgIpc) is 2.53. The number of hydrogen-bond donors (Lipinski definition) is 1. The van der Waals surface area contributed by atoms with Gasteiger partial charge >= 0.3 is 5.97 Å². The number of anilines is 1. The lowest BCUT2D eigenvalue weighted by Crippen LogP contribution is -2.35. The van der Waals surface area contributed by atoms with Gasteiger partial charge in [-0.15, -0.1) is 0 Å². The van der Waals surface area contributed by atoms with E-state index in [9.17, 15) is 17.6 Å². The molecular weight excluding hydrogens is 325 g/mol. The van der Waals surface area contributed by atoms with E-state index < -0.39 is 28.4 Å². The molecule has 0 unspecified atom stereocenters. The van der Waals surface area contributed by atoms with Gasteiger partial charge in [0.05, 0.1) is 17.7 Å². The van der Waals surface area contributed by atoms with E-state index in [4.69, 9.17) is 9.84 Å². The predicted molar refractivity (Wildman–Crippen MR) is 81.6 cm³/mol. The third-order valence-electron chi connectivity index (χ3n) is 3.04. The molecule has 0 saturated heterocycles. The molecule has 2 aromatic carbocycles. The molecule has 0 amide bonds. The van der Waals surface area contributed by atoms with Crippen LogP contribution in [0.5, 0.6) is 5.75 Å². The molecule has 0 radical (unpaired) electrons. The fourth-order valence-corrected chi connectivity index (χ4v) is 3.33. The highest BCUT2D eigenvalue weighted by Gasteiger charge is 2.27. The molecule has 0 saturated carbocycles. The fourth-order valence-electron chi connectivity index (χ4n) is 1.92. The zero-order chi connectivity index (χ0) is 17.0. The van der Waals surface area contributed by atoms with E-state index in [1.54, 1.807) is 0 Å². The van der Waals surface area contributed by atoms with Crippen molar-refractivity contribution in [3.63, 3.8) is 0 Å². The SMILES string of the molecule is COc1ccc(S(=O)(=O)N(CC(=O)O)c2ccc(F)cc2)cc1. The minimum absolute atomic E-state index is 0.0598. The van der Waals surface area contributed by atoms with Crippen LogP contribution in [-0.4, -0.2) is 33.1 Å². The number of halogens is 1. The molecule has 0 aliphatic rings. The van der Waals surface area contributed by atoms with Gasteiger partial charge in [0.15, 0.2) is 0 Å². The van der Waals surface area contributed by atoms with Gasteiger partial charge < -0.3 is 9.84 Å². The Morgan fingerprint density at radius 3 is 2.17 bits per heavy atom. The van der Waals surface area contributed by atoms with E-state index in [1.165, 1.54) is 43.5 Å². The third-order valence-corrected chi connectivity index (χ3v) is 4.83. The molecule has 0 aliphatic carbocycles. The second kappa shape index (κ2) is 6.66. The van der Waals surface area contributed by atoms with Gasteiger partial charge in [0.2, 0.25) is 0 Å². The second-order valence-corrected chi connectivity index (χ2v) is 6.42. The maximum absolute atomic E-state index is 13.0. The molecule has 1 N–H and O–H groups in total. The van der Waals surface area contributed by atoms with Gasteiger partial charge in [0, 0.05) is 0 Å². The lowest BCUT2D eigenvalue weighted by atomic mass is 10.3. The van der Waals surface area contributed by atoms with E-state index in [1.807, 2.05) is 0 Å². The Balaban J connectivity index is 2.47. The smallest absolute Gasteiger partial charge is 0.324 e. The number of methoxy groups -OCH3 is 1. The van der Waals surface area contributed by atoms with Crippen LogP contribution in [0.1, 0.15) is 0 Å². The molecule has 0 atom stereocenters. The summed E-state index contributed by atoms with van der Waals surface area (Å²) in [6.07, 6.45) is 0. The molecule has 0 spiro atoms. The van der Waals surface area contributed by atoms with Gasteiger partial charge in [-0.1, -0.05) is 0 Å². The first-order chi connectivity index (χ1) is 10.8. The van der Waals surface area contributed by atoms with Crippen molar-refractivity contribution in [2.45, 2.75) is 4.90 Å². The number of sulfonamides is 1. The molecule has 0 aliphatic heterocycles. The van der Waals surface area contributed by atoms with Gasteiger partial charge in [-0.25, -0.2) is 12.8 Å². The number of benzene rings is 2. The summed E-state index contributed by atoms with van der Waals surface area (Å²) in [5.74, 6) is -1.41. The van der Waals surface area contributed by atoms with Crippen LogP contribution >= 0.6 is 0 Å². The fraction of sp³-hybridized carbons (Fsp3) is 0.133. The summed E-state index contributed by atoms with van der Waals surface area (Å²) in [6.45, 7) is -0.778. The Labute approximate surface area is 132 Å². The highest BCUT2D eigenvalue weighted by Crippen LogP contribution is 2.25. The first-order valence-corrected chi connectivity index (χ1v) is 7.93. The zero-order valence-corrected chi connectivity index (χ0v) is 13.0. The van der Waals surface area contributed by atoms with E-state index in [0.717, 1.165) is 12.1 Å². The molecular formula is C15H14FNO5S. The molecule has 0 heterocycles. The molecule has 2 aromatic rings. The number of ether oxygens (including phenoxy) is 1. The van der Waals surface area contributed by atoms with E-state index in [0.29, 0.717) is 10.1 Å². The number of nitrogens with zero attached hydrogens (tertiary/aromatic N) is 1. The zero-order valence-electron chi connectivity index (χ0n) is 12.1. The van der Waals surface area contributed by atoms with Crippen molar-refractivity contribution in [1.82, 2.24) is 0 Å². The number of hydrogen-bond acceptors (Lipinski definition) is 4. The monoisotopic (exact) mass is 339 g/mol. The van der Waals surface area contributed by atoms with Gasteiger partial charge in [-0.2, -0.15) is 0 Å². The van der Waals surface area contributed by atoms with Crippen molar-refractivity contribution in [3.05, 3.63) is 54.3 Å². The summed E-state index contributed by atoms with van der Waals surface area (Å²) in [5, 5.41) is 8.99. The molecule has 23 heavy (non-hydrogen) atoms. The van der Waals surface area contributed by atoms with Crippen molar-refractivity contribution < 1.29 is 27.4 Å². The summed E-state index contributed by atoms with van der Waals surface area (Å²) >= 11 is 0. The van der Waals surface area contributed by atoms with Gasteiger partial charge in [-0.3, -0.25) is 9.10 Å². The Bertz CT molecular complexity index is 788. The summed E-state index contributed by atoms with van der Waals surface area (Å²) in [7, 11) is -2.67. The summed E-state index contributed by atoms with van der Waals surface area (Å²) in [5.41, 5.74) is 0.0598. The Morgan fingerprint density at radius 2 is 1.70 bits per heavy atom. The highest BCUT2D eigenvalue weighted by atomic mass is 32.2. The van der Waals surface area contributed by atoms with Crippen LogP contribution in [0.4, 0.5) is 10.1 Å². The van der Waals surface area contributed by atoms with E-state index in [-0.39, 0.29) is 10.6 Å². The second-order valence-electron chi connectivity index (χ2n) is 4.56. The lowest BCUT2D eigenvalue weighted by Gasteiger charge is -2.22. The standard InChI is InChI=1S/C15H14FNO5S/c1-22-13-6-8-14(9-7-13)23(20,21)17(10-15(18)19)12-4-2-11(16)3-5-12/h2-9H,10H2,1H3,(H,18,19). The van der Waals surface area contributed by atoms with Crippen LogP contribution in [0, 0.1) is 5.82 Å². The first-order valence-electron chi connectivity index (χ1n) is 6.49. The van der Waals surface area contributed by atoms with Crippen LogP contribution in [0.3, 0.4) is 0 Å². The normalized spacial score (nSPS) is 11.0. The maximum Gasteiger partial charge on any atom is 0.324 e. The molecule has 0 aromatic heterocycles. The topological polar surface area (TPSA) is 83.9 Å². The third kappa shape index (κ3) is 3.78. The number of rotatable bonds is 6. The molecule has 0 fully saturated rings. The predicted octanol–water partition coefficient (Wildman–Crippen LogP) is 2.11. The summed E-state index contributed by atoms with van der Waals surface area (Å²) in [6, 6.07) is 10.1. The van der Waals surface area contributed by atoms with Crippen LogP contribution in [0.25, 0.3) is 0 Å². The Kier molecular flexibility index (Phi) is 4.85. The minimum atomic E-state index is -4.11. The number of carbonyl (C=O) groups is 1. The molecule has 122 valence electrons. The van der Waals surface area contributed by atoms with E-state index in [2.05, 4.69) is 0 Å². The average molecular weight is 339 g/mol. The highest BCUT2D eigenvalue weighted by molar-refractivity contribution is 7.92. The van der Waals surface area contributed by atoms with Crippen LogP contribution in [0.2, 0.25) is 0 Å². The number of aliphatic carboxylic acids is 1. The Morgan fingerprint density at radius 1 is 1.13 bits per heavy atom. The van der Waals surface area contributed by atoms with Crippen LogP contribution in [-0.2, 0) is 14.8 Å². The summed E-state index contributed by atoms with van der Waals surface area (Å²) < 4.78 is 44.0. The largest absolute Gasteiger partial charge is 0.497 e. The van der Waals surface area contributed by atoms with Gasteiger partial charge in [0.25, 0.3) is 10.0 Å². The minimum Gasteiger partial charge on any atom is -0.497 e. The van der Waals surface area contributed by atoms with Crippen molar-refractivity contribution >= 4 is 21.7 Å². The molecule has 2 rings (SSSR count). The quantitative estimate of drug-likeness (QED) is 0.871. The van der Waals surface area contributed by atoms with Crippen LogP contribution < -0.4 is 9.04 Å². The van der Waals surface area contributed by atoms with Gasteiger partial charge in [0.1, 0.15) is 18.1 Å². The Hall–Kier alpha value is -2.61. The summed E-state index contributed by atoms with van der Waals surface area (Å²) in [4.78, 5) is 10.9. The van der Waals surface area contributed by atoms with Crippen molar-refractivity contribution in [3.8, 4) is 5.75 Å². The number of carboxylic acid groups (broad SMARTS) is 1. The molecule has 6 nitrogen and oxygen atoms in total. The van der Waals surface area contributed by atoms with Crippen molar-refractivity contribution in [2.24, 2.45) is 0 Å². The molecule has 8 heteroatoms. The maximum atomic E-state index is 13.0. The van der Waals surface area contributed by atoms with Crippen LogP contribution in [0.15, 0.2) is 53.4 Å². The van der Waals surface area contributed by atoms with E-state index >= 15 is 0 Å². The number of carboxylic acids is 1. The van der Waals surface area contributed by atoms with Gasteiger partial charge in [-0.05, 0) is 48.5 Å².